The first-order valence-electron chi connectivity index (χ1n) is 5.96. The molecule has 0 aromatic rings. The number of allylic oxidation sites excluding steroid dienone is 1. The van der Waals surface area contributed by atoms with E-state index in [0.717, 1.165) is 6.42 Å². The lowest BCUT2D eigenvalue weighted by Crippen LogP contribution is -2.15. The molecular formula is C13H19NO4. The highest BCUT2D eigenvalue weighted by molar-refractivity contribution is 5.75. The van der Waals surface area contributed by atoms with Crippen LogP contribution in [0.5, 0.6) is 0 Å². The number of esters is 2. The number of unbranched alkanes of at least 4 members (excludes halogenated alkanes) is 1. The van der Waals surface area contributed by atoms with Crippen molar-refractivity contribution < 1.29 is 19.1 Å². The Morgan fingerprint density at radius 2 is 2.06 bits per heavy atom. The van der Waals surface area contributed by atoms with Crippen LogP contribution >= 0.6 is 0 Å². The van der Waals surface area contributed by atoms with E-state index >= 15 is 0 Å². The third kappa shape index (κ3) is 8.34. The van der Waals surface area contributed by atoms with E-state index in [1.54, 1.807) is 13.0 Å². The van der Waals surface area contributed by atoms with Gasteiger partial charge < -0.3 is 9.47 Å². The smallest absolute Gasteiger partial charge is 0.323 e. The summed E-state index contributed by atoms with van der Waals surface area (Å²) in [6, 6.07) is 1.94. The molecule has 0 aliphatic rings. The Morgan fingerprint density at radius 3 is 2.61 bits per heavy atom. The SMILES string of the molecule is CCOC(=O)C(C#N)CCC/C=C/COC(C)=O. The van der Waals surface area contributed by atoms with Crippen molar-refractivity contribution >= 4 is 11.9 Å². The van der Waals surface area contributed by atoms with Gasteiger partial charge >= 0.3 is 11.9 Å². The van der Waals surface area contributed by atoms with Gasteiger partial charge in [-0.3, -0.25) is 9.59 Å². The van der Waals surface area contributed by atoms with E-state index in [-0.39, 0.29) is 12.6 Å². The molecule has 0 heterocycles. The normalized spacial score (nSPS) is 11.8. The van der Waals surface area contributed by atoms with Crippen LogP contribution in [0.1, 0.15) is 33.1 Å². The molecule has 0 radical (unpaired) electrons. The van der Waals surface area contributed by atoms with E-state index in [1.165, 1.54) is 6.92 Å². The fraction of sp³-hybridized carbons (Fsp3) is 0.615. The topological polar surface area (TPSA) is 76.4 Å². The summed E-state index contributed by atoms with van der Waals surface area (Å²) in [6.07, 6.45) is 5.54. The maximum atomic E-state index is 11.3. The van der Waals surface area contributed by atoms with Crippen molar-refractivity contribution in [2.75, 3.05) is 13.2 Å². The number of nitriles is 1. The summed E-state index contributed by atoms with van der Waals surface area (Å²) in [7, 11) is 0. The van der Waals surface area contributed by atoms with Crippen LogP contribution in [0.3, 0.4) is 0 Å². The summed E-state index contributed by atoms with van der Waals surface area (Å²) in [4.78, 5) is 21.7. The monoisotopic (exact) mass is 253 g/mol. The predicted octanol–water partition coefficient (Wildman–Crippen LogP) is 1.98. The van der Waals surface area contributed by atoms with Crippen molar-refractivity contribution in [3.05, 3.63) is 12.2 Å². The first-order chi connectivity index (χ1) is 8.61. The average molecular weight is 253 g/mol. The highest BCUT2D eigenvalue weighted by Gasteiger charge is 2.17. The molecule has 18 heavy (non-hydrogen) atoms. The van der Waals surface area contributed by atoms with E-state index < -0.39 is 11.9 Å². The zero-order chi connectivity index (χ0) is 13.8. The molecule has 0 fully saturated rings. The molecule has 1 atom stereocenters. The Morgan fingerprint density at radius 1 is 1.33 bits per heavy atom. The molecule has 0 aliphatic carbocycles. The average Bonchev–Trinajstić information content (AvgIpc) is 2.32. The van der Waals surface area contributed by atoms with Crippen LogP contribution in [0, 0.1) is 17.2 Å². The number of carbonyl (C=O) groups is 2. The Kier molecular flexibility index (Phi) is 9.28. The zero-order valence-corrected chi connectivity index (χ0v) is 10.8. The maximum absolute atomic E-state index is 11.3. The number of carbonyl (C=O) groups excluding carboxylic acids is 2. The molecule has 0 rings (SSSR count). The summed E-state index contributed by atoms with van der Waals surface area (Å²) in [6.45, 7) is 3.61. The Balaban J connectivity index is 3.72. The minimum atomic E-state index is -0.688. The van der Waals surface area contributed by atoms with Crippen molar-refractivity contribution in [3.63, 3.8) is 0 Å². The summed E-state index contributed by atoms with van der Waals surface area (Å²) >= 11 is 0. The molecule has 0 aromatic carbocycles. The van der Waals surface area contributed by atoms with Crippen LogP contribution < -0.4 is 0 Å². The van der Waals surface area contributed by atoms with Gasteiger partial charge in [0.05, 0.1) is 12.7 Å². The second-order valence-corrected chi connectivity index (χ2v) is 3.64. The largest absolute Gasteiger partial charge is 0.465 e. The maximum Gasteiger partial charge on any atom is 0.323 e. The molecule has 0 bridgehead atoms. The van der Waals surface area contributed by atoms with Gasteiger partial charge in [0, 0.05) is 6.92 Å². The number of ether oxygens (including phenoxy) is 2. The van der Waals surface area contributed by atoms with Crippen LogP contribution in [-0.2, 0) is 19.1 Å². The van der Waals surface area contributed by atoms with Crippen LogP contribution in [0.25, 0.3) is 0 Å². The third-order valence-corrected chi connectivity index (χ3v) is 2.14. The standard InChI is InChI=1S/C13H19NO4/c1-3-17-13(16)12(10-14)8-6-4-5-7-9-18-11(2)15/h5,7,12H,3-4,6,8-9H2,1-2H3/b7-5+. The zero-order valence-electron chi connectivity index (χ0n) is 10.8. The molecule has 0 aliphatic heterocycles. The van der Waals surface area contributed by atoms with Gasteiger partial charge in [-0.25, -0.2) is 0 Å². The minimum Gasteiger partial charge on any atom is -0.465 e. The second kappa shape index (κ2) is 10.3. The van der Waals surface area contributed by atoms with Crippen LogP contribution in [-0.4, -0.2) is 25.2 Å². The summed E-state index contributed by atoms with van der Waals surface area (Å²) in [5, 5.41) is 8.80. The molecule has 5 nitrogen and oxygen atoms in total. The minimum absolute atomic E-state index is 0.259. The molecule has 0 aromatic heterocycles. The second-order valence-electron chi connectivity index (χ2n) is 3.64. The summed E-state index contributed by atoms with van der Waals surface area (Å²) < 4.78 is 9.49. The van der Waals surface area contributed by atoms with Gasteiger partial charge in [0.1, 0.15) is 12.5 Å². The van der Waals surface area contributed by atoms with Crippen LogP contribution in [0.4, 0.5) is 0 Å². The first-order valence-corrected chi connectivity index (χ1v) is 5.96. The number of hydrogen-bond donors (Lipinski definition) is 0. The van der Waals surface area contributed by atoms with E-state index in [1.807, 2.05) is 12.1 Å². The number of nitrogens with zero attached hydrogens (tertiary/aromatic N) is 1. The summed E-state index contributed by atoms with van der Waals surface area (Å²) in [5.41, 5.74) is 0. The van der Waals surface area contributed by atoms with Crippen LogP contribution in [0.2, 0.25) is 0 Å². The van der Waals surface area contributed by atoms with Crippen molar-refractivity contribution in [3.8, 4) is 6.07 Å². The quantitative estimate of drug-likeness (QED) is 0.375. The molecule has 0 saturated heterocycles. The Hall–Kier alpha value is -1.83. The van der Waals surface area contributed by atoms with E-state index in [0.29, 0.717) is 19.4 Å². The van der Waals surface area contributed by atoms with Gasteiger partial charge in [0.2, 0.25) is 0 Å². The van der Waals surface area contributed by atoms with Gasteiger partial charge in [-0.1, -0.05) is 12.2 Å². The fourth-order valence-electron chi connectivity index (χ4n) is 1.27. The molecule has 0 spiro atoms. The van der Waals surface area contributed by atoms with E-state index in [2.05, 4.69) is 0 Å². The molecule has 100 valence electrons. The van der Waals surface area contributed by atoms with Gasteiger partial charge in [0.15, 0.2) is 0 Å². The molecule has 1 unspecified atom stereocenters. The lowest BCUT2D eigenvalue weighted by atomic mass is 10.0. The lowest BCUT2D eigenvalue weighted by molar-refractivity contribution is -0.146. The molecule has 0 amide bonds. The highest BCUT2D eigenvalue weighted by atomic mass is 16.5. The van der Waals surface area contributed by atoms with E-state index in [4.69, 9.17) is 14.7 Å². The van der Waals surface area contributed by atoms with Gasteiger partial charge in [-0.05, 0) is 26.2 Å². The Bertz CT molecular complexity index is 330. The number of rotatable bonds is 8. The highest BCUT2D eigenvalue weighted by Crippen LogP contribution is 2.10. The third-order valence-electron chi connectivity index (χ3n) is 2.14. The van der Waals surface area contributed by atoms with Crippen molar-refractivity contribution in [1.82, 2.24) is 0 Å². The van der Waals surface area contributed by atoms with E-state index in [9.17, 15) is 9.59 Å². The Labute approximate surface area is 107 Å². The molecule has 0 saturated carbocycles. The van der Waals surface area contributed by atoms with Gasteiger partial charge in [-0.2, -0.15) is 5.26 Å². The molecule has 5 heteroatoms. The summed E-state index contributed by atoms with van der Waals surface area (Å²) in [5.74, 6) is -1.46. The van der Waals surface area contributed by atoms with Crippen LogP contribution in [0.15, 0.2) is 12.2 Å². The van der Waals surface area contributed by atoms with Crippen molar-refractivity contribution in [1.29, 1.82) is 5.26 Å². The van der Waals surface area contributed by atoms with Crippen molar-refractivity contribution in [2.24, 2.45) is 5.92 Å². The molecule has 0 N–H and O–H groups in total. The lowest BCUT2D eigenvalue weighted by Gasteiger charge is -2.06. The van der Waals surface area contributed by atoms with Crippen molar-refractivity contribution in [2.45, 2.75) is 33.1 Å². The van der Waals surface area contributed by atoms with Gasteiger partial charge in [-0.15, -0.1) is 0 Å². The first kappa shape index (κ1) is 16.2. The number of hydrogen-bond acceptors (Lipinski definition) is 5. The predicted molar refractivity (Wildman–Crippen MR) is 65.4 cm³/mol. The molecular weight excluding hydrogens is 234 g/mol. The fourth-order valence-corrected chi connectivity index (χ4v) is 1.27. The van der Waals surface area contributed by atoms with Gasteiger partial charge in [0.25, 0.3) is 0 Å².